The predicted octanol–water partition coefficient (Wildman–Crippen LogP) is 4.15. The molecule has 3 heterocycles. The Morgan fingerprint density at radius 2 is 1.97 bits per heavy atom. The molecule has 0 aliphatic carbocycles. The van der Waals surface area contributed by atoms with Crippen LogP contribution in [0.15, 0.2) is 49.6 Å². The maximum absolute atomic E-state index is 14.4. The Bertz CT molecular complexity index is 1120. The van der Waals surface area contributed by atoms with E-state index in [1.54, 1.807) is 42.2 Å². The van der Waals surface area contributed by atoms with Gasteiger partial charge in [0, 0.05) is 17.3 Å². The number of carbonyl (C=O) groups excluding carboxylic acids is 3. The first kappa shape index (κ1) is 29.3. The van der Waals surface area contributed by atoms with E-state index in [4.69, 9.17) is 21.1 Å². The second-order valence-corrected chi connectivity index (χ2v) is 11.6. The van der Waals surface area contributed by atoms with Gasteiger partial charge in [0.25, 0.3) is 5.91 Å². The maximum atomic E-state index is 14.4. The fourth-order valence-electron chi connectivity index (χ4n) is 6.75. The number of fused-ring (bicyclic) bond motifs is 1. The summed E-state index contributed by atoms with van der Waals surface area (Å²) in [6, 6.07) is 5.15. The standard InChI is InChI=1S/C30H39ClN2O6/c1-6-8-9-10-16-38-28(37)24-23-26(35)33(20(4)18-34)25(30(23)17-19(3)29(24,5)39-30)27(36)32(15-7-2)22-13-11-21(31)12-14-22/h6-7,11-14,19-20,23-25,34H,1-2,8-10,15-18H2,3-5H3/t19?,20-,23+,24-,25?,29+,30?/m1/s1. The molecule has 2 amide bonds. The molecule has 0 saturated carbocycles. The van der Waals surface area contributed by atoms with Gasteiger partial charge in [0.1, 0.15) is 17.6 Å². The molecule has 3 fully saturated rings. The highest BCUT2D eigenvalue weighted by molar-refractivity contribution is 6.30. The second-order valence-electron chi connectivity index (χ2n) is 11.1. The molecule has 3 aliphatic rings. The number of hydrogen-bond acceptors (Lipinski definition) is 6. The van der Waals surface area contributed by atoms with Gasteiger partial charge in [0.2, 0.25) is 5.91 Å². The van der Waals surface area contributed by atoms with E-state index in [1.807, 2.05) is 19.9 Å². The highest BCUT2D eigenvalue weighted by atomic mass is 35.5. The Hall–Kier alpha value is -2.68. The molecular weight excluding hydrogens is 520 g/mol. The SMILES string of the molecule is C=CCCCCOC(=O)[C@H]1[C@H]2C(=O)N([C@H](C)CO)C(C(=O)N(CC=C)c3ccc(Cl)cc3)C23CC(C)[C@]1(C)O3. The molecule has 1 spiro atoms. The van der Waals surface area contributed by atoms with E-state index in [-0.39, 0.29) is 37.5 Å². The number of ether oxygens (including phenoxy) is 2. The lowest BCUT2D eigenvalue weighted by Crippen LogP contribution is -2.58. The molecule has 1 N–H and O–H groups in total. The fraction of sp³-hybridized carbons (Fsp3) is 0.567. The molecule has 3 aliphatic heterocycles. The fourth-order valence-corrected chi connectivity index (χ4v) is 6.88. The van der Waals surface area contributed by atoms with Crippen LogP contribution in [0.3, 0.4) is 0 Å². The van der Waals surface area contributed by atoms with Crippen LogP contribution in [0.5, 0.6) is 0 Å². The van der Waals surface area contributed by atoms with Crippen LogP contribution in [0.25, 0.3) is 0 Å². The van der Waals surface area contributed by atoms with Crippen molar-refractivity contribution in [1.29, 1.82) is 0 Å². The van der Waals surface area contributed by atoms with Crippen molar-refractivity contribution in [3.05, 3.63) is 54.6 Å². The number of rotatable bonds is 12. The first-order valence-electron chi connectivity index (χ1n) is 13.7. The molecule has 4 rings (SSSR count). The van der Waals surface area contributed by atoms with E-state index >= 15 is 0 Å². The van der Waals surface area contributed by atoms with Gasteiger partial charge >= 0.3 is 5.97 Å². The number of carbonyl (C=O) groups is 3. The first-order valence-corrected chi connectivity index (χ1v) is 14.0. The Balaban J connectivity index is 1.74. The Morgan fingerprint density at radius 1 is 1.28 bits per heavy atom. The van der Waals surface area contributed by atoms with E-state index in [0.717, 1.165) is 12.8 Å². The minimum atomic E-state index is -1.23. The van der Waals surface area contributed by atoms with Crippen molar-refractivity contribution >= 4 is 35.1 Å². The molecule has 3 unspecified atom stereocenters. The molecule has 212 valence electrons. The minimum absolute atomic E-state index is 0.108. The van der Waals surface area contributed by atoms with Crippen LogP contribution in [-0.4, -0.2) is 70.8 Å². The summed E-state index contributed by atoms with van der Waals surface area (Å²) in [6.45, 7) is 13.2. The van der Waals surface area contributed by atoms with Gasteiger partial charge in [-0.25, -0.2) is 0 Å². The van der Waals surface area contributed by atoms with Crippen LogP contribution >= 0.6 is 11.6 Å². The average Bonchev–Trinajstić information content (AvgIpc) is 3.43. The zero-order chi connectivity index (χ0) is 28.5. The molecule has 7 atom stereocenters. The summed E-state index contributed by atoms with van der Waals surface area (Å²) in [4.78, 5) is 45.1. The molecule has 8 nitrogen and oxygen atoms in total. The lowest BCUT2D eigenvalue weighted by atomic mass is 9.62. The highest BCUT2D eigenvalue weighted by Crippen LogP contribution is 2.65. The molecule has 0 radical (unpaired) electrons. The molecular formula is C30H39ClN2O6. The second kappa shape index (κ2) is 11.4. The van der Waals surface area contributed by atoms with Gasteiger partial charge in [0.15, 0.2) is 0 Å². The number of hydrogen-bond donors (Lipinski definition) is 1. The molecule has 0 aromatic heterocycles. The smallest absolute Gasteiger partial charge is 0.312 e. The number of unbranched alkanes of at least 4 members (excludes halogenated alkanes) is 2. The van der Waals surface area contributed by atoms with E-state index < -0.39 is 41.1 Å². The quantitative estimate of drug-likeness (QED) is 0.235. The first-order chi connectivity index (χ1) is 18.6. The molecule has 3 saturated heterocycles. The van der Waals surface area contributed by atoms with Gasteiger partial charge in [-0.2, -0.15) is 0 Å². The third-order valence-electron chi connectivity index (χ3n) is 8.74. The third kappa shape index (κ3) is 4.81. The van der Waals surface area contributed by atoms with Gasteiger partial charge in [-0.15, -0.1) is 13.2 Å². The summed E-state index contributed by atoms with van der Waals surface area (Å²) >= 11 is 6.09. The molecule has 9 heteroatoms. The van der Waals surface area contributed by atoms with Crippen LogP contribution in [0.4, 0.5) is 5.69 Å². The normalized spacial score (nSPS) is 31.6. The van der Waals surface area contributed by atoms with Crippen LogP contribution in [0.1, 0.15) is 46.5 Å². The number of nitrogens with zero attached hydrogens (tertiary/aromatic N) is 2. The number of aliphatic hydroxyl groups excluding tert-OH is 1. The van der Waals surface area contributed by atoms with Gasteiger partial charge in [-0.05, 0) is 69.7 Å². The van der Waals surface area contributed by atoms with Crippen molar-refractivity contribution in [2.45, 2.75) is 69.7 Å². The number of likely N-dealkylation sites (tertiary alicyclic amines) is 1. The molecule has 1 aromatic carbocycles. The molecule has 2 bridgehead atoms. The van der Waals surface area contributed by atoms with Gasteiger partial charge in [0.05, 0.1) is 30.8 Å². The number of anilines is 1. The van der Waals surface area contributed by atoms with Crippen molar-refractivity contribution in [1.82, 2.24) is 4.90 Å². The van der Waals surface area contributed by atoms with Crippen molar-refractivity contribution in [3.8, 4) is 0 Å². The average molecular weight is 559 g/mol. The van der Waals surface area contributed by atoms with E-state index in [2.05, 4.69) is 13.2 Å². The predicted molar refractivity (Wildman–Crippen MR) is 149 cm³/mol. The van der Waals surface area contributed by atoms with Crippen LogP contribution < -0.4 is 4.90 Å². The molecule has 1 aromatic rings. The van der Waals surface area contributed by atoms with Crippen molar-refractivity contribution < 1.29 is 29.0 Å². The summed E-state index contributed by atoms with van der Waals surface area (Å²) in [7, 11) is 0. The van der Waals surface area contributed by atoms with Gasteiger partial charge in [-0.3, -0.25) is 14.4 Å². The number of halogens is 1. The number of esters is 1. The van der Waals surface area contributed by atoms with E-state index in [0.29, 0.717) is 23.6 Å². The summed E-state index contributed by atoms with van der Waals surface area (Å²) < 4.78 is 12.4. The van der Waals surface area contributed by atoms with E-state index in [1.165, 1.54) is 4.90 Å². The van der Waals surface area contributed by atoms with Crippen LogP contribution in [-0.2, 0) is 23.9 Å². The Labute approximate surface area is 235 Å². The van der Waals surface area contributed by atoms with Crippen molar-refractivity contribution in [2.24, 2.45) is 17.8 Å². The zero-order valence-electron chi connectivity index (χ0n) is 23.0. The number of aliphatic hydroxyl groups is 1. The summed E-state index contributed by atoms with van der Waals surface area (Å²) in [6.07, 6.45) is 6.23. The Kier molecular flexibility index (Phi) is 8.59. The van der Waals surface area contributed by atoms with Crippen LogP contribution in [0.2, 0.25) is 5.02 Å². The summed E-state index contributed by atoms with van der Waals surface area (Å²) in [5.41, 5.74) is -1.60. The third-order valence-corrected chi connectivity index (χ3v) is 8.99. The number of benzene rings is 1. The van der Waals surface area contributed by atoms with Gasteiger partial charge in [-0.1, -0.05) is 30.7 Å². The van der Waals surface area contributed by atoms with Crippen LogP contribution in [0, 0.1) is 17.8 Å². The van der Waals surface area contributed by atoms with E-state index in [9.17, 15) is 19.5 Å². The van der Waals surface area contributed by atoms with Crippen molar-refractivity contribution in [2.75, 3.05) is 24.7 Å². The van der Waals surface area contributed by atoms with Gasteiger partial charge < -0.3 is 24.4 Å². The monoisotopic (exact) mass is 558 g/mol. The largest absolute Gasteiger partial charge is 0.465 e. The minimum Gasteiger partial charge on any atom is -0.465 e. The van der Waals surface area contributed by atoms with Crippen molar-refractivity contribution in [3.63, 3.8) is 0 Å². The maximum Gasteiger partial charge on any atom is 0.312 e. The number of allylic oxidation sites excluding steroid dienone is 1. The zero-order valence-corrected chi connectivity index (χ0v) is 23.7. The Morgan fingerprint density at radius 3 is 2.59 bits per heavy atom. The lowest BCUT2D eigenvalue weighted by Gasteiger charge is -2.38. The summed E-state index contributed by atoms with van der Waals surface area (Å²) in [5, 5.41) is 10.6. The highest BCUT2D eigenvalue weighted by Gasteiger charge is 2.80. The topological polar surface area (TPSA) is 96.4 Å². The lowest BCUT2D eigenvalue weighted by molar-refractivity contribution is -0.162. The summed E-state index contributed by atoms with van der Waals surface area (Å²) in [5.74, 6) is -3.06. The number of amides is 2. The molecule has 39 heavy (non-hydrogen) atoms.